The van der Waals surface area contributed by atoms with Crippen molar-refractivity contribution in [1.82, 2.24) is 15.0 Å². The van der Waals surface area contributed by atoms with Gasteiger partial charge in [0.1, 0.15) is 11.2 Å². The van der Waals surface area contributed by atoms with Crippen LogP contribution in [-0.2, 0) is 0 Å². The van der Waals surface area contributed by atoms with E-state index in [0.717, 1.165) is 82.4 Å². The van der Waals surface area contributed by atoms with Gasteiger partial charge in [0.05, 0.1) is 5.56 Å². The summed E-state index contributed by atoms with van der Waals surface area (Å²) in [5.41, 5.74) is 11.0. The van der Waals surface area contributed by atoms with Crippen LogP contribution in [0.25, 0.3) is 122 Å². The third-order valence-electron chi connectivity index (χ3n) is 11.9. The Morgan fingerprint density at radius 3 is 1.72 bits per heavy atom. The van der Waals surface area contributed by atoms with Gasteiger partial charge in [0.2, 0.25) is 0 Å². The summed E-state index contributed by atoms with van der Waals surface area (Å²) in [4.78, 5) is 16.3. The van der Waals surface area contributed by atoms with Crippen LogP contribution in [0.15, 0.2) is 217 Å². The molecule has 2 heterocycles. The van der Waals surface area contributed by atoms with Gasteiger partial charge in [0.15, 0.2) is 17.5 Å². The van der Waals surface area contributed by atoms with Gasteiger partial charge < -0.3 is 4.42 Å². The fraction of sp³-hybridized carbons (Fsp3) is 0. The summed E-state index contributed by atoms with van der Waals surface area (Å²) in [5, 5.41) is 8.78. The zero-order chi connectivity index (χ0) is 40.3. The van der Waals surface area contributed by atoms with Crippen LogP contribution in [0.2, 0.25) is 0 Å². The SMILES string of the molecule is c1ccc(-c2cccc(-c3ccc4cccc(-c5nc(-c6c(-c7ccc8ccccc8c7)ccc7ccccc67)nc(-c6cccc7c6oc6ccccc67)n5)c4c3)c2)cc1. The molecule has 10 aromatic carbocycles. The third-order valence-corrected chi connectivity index (χ3v) is 11.9. The highest BCUT2D eigenvalue weighted by Crippen LogP contribution is 2.41. The number of nitrogens with zero attached hydrogens (tertiary/aromatic N) is 3. The van der Waals surface area contributed by atoms with E-state index in [9.17, 15) is 0 Å². The van der Waals surface area contributed by atoms with Gasteiger partial charge in [0.25, 0.3) is 0 Å². The zero-order valence-corrected chi connectivity index (χ0v) is 33.0. The lowest BCUT2D eigenvalue weighted by molar-refractivity contribution is 0.669. The smallest absolute Gasteiger partial charge is 0.167 e. The Balaban J connectivity index is 1.12. The molecule has 4 nitrogen and oxygen atoms in total. The van der Waals surface area contributed by atoms with Crippen LogP contribution in [0.1, 0.15) is 0 Å². The number of aromatic nitrogens is 3. The Kier molecular flexibility index (Phi) is 8.13. The highest BCUT2D eigenvalue weighted by atomic mass is 16.3. The average molecular weight is 778 g/mol. The molecule has 12 rings (SSSR count). The van der Waals surface area contributed by atoms with E-state index < -0.39 is 0 Å². The van der Waals surface area contributed by atoms with Crippen molar-refractivity contribution in [2.75, 3.05) is 0 Å². The molecule has 0 fully saturated rings. The van der Waals surface area contributed by atoms with Crippen molar-refractivity contribution in [1.29, 1.82) is 0 Å². The van der Waals surface area contributed by atoms with Crippen molar-refractivity contribution in [3.05, 3.63) is 212 Å². The molecule has 284 valence electrons. The minimum Gasteiger partial charge on any atom is -0.455 e. The van der Waals surface area contributed by atoms with Gasteiger partial charge in [-0.1, -0.05) is 182 Å². The van der Waals surface area contributed by atoms with Crippen LogP contribution in [0.3, 0.4) is 0 Å². The molecule has 0 saturated heterocycles. The molecule has 0 aliphatic heterocycles. The predicted molar refractivity (Wildman–Crippen MR) is 252 cm³/mol. The predicted octanol–water partition coefficient (Wildman–Crippen LogP) is 15.2. The first-order chi connectivity index (χ1) is 30.2. The summed E-state index contributed by atoms with van der Waals surface area (Å²) in [6, 6.07) is 74.8. The standard InChI is InChI=1S/C57H35N3O/c1-2-13-36(14-3-1)41-19-10-20-42(33-41)43-29-28-39-18-11-24-49(51(39)35-43)55-58-56(50-25-12-23-48-47-22-8-9-26-52(47)61-54(48)50)60-57(59-55)53-45-21-7-6-16-38(45)31-32-46(53)44-30-27-37-15-4-5-17-40(37)34-44/h1-35H. The van der Waals surface area contributed by atoms with Crippen LogP contribution in [0, 0.1) is 0 Å². The van der Waals surface area contributed by atoms with Gasteiger partial charge in [-0.3, -0.25) is 0 Å². The van der Waals surface area contributed by atoms with Gasteiger partial charge in [-0.05, 0) is 96.0 Å². The fourth-order valence-electron chi connectivity index (χ4n) is 8.92. The van der Waals surface area contributed by atoms with E-state index in [-0.39, 0.29) is 0 Å². The second kappa shape index (κ2) is 14.3. The highest BCUT2D eigenvalue weighted by molar-refractivity contribution is 6.10. The van der Waals surface area contributed by atoms with Crippen molar-refractivity contribution in [2.45, 2.75) is 0 Å². The van der Waals surface area contributed by atoms with Gasteiger partial charge in [-0.2, -0.15) is 0 Å². The Bertz CT molecular complexity index is 3660. The second-order valence-electron chi connectivity index (χ2n) is 15.5. The Morgan fingerprint density at radius 1 is 0.279 bits per heavy atom. The number of hydrogen-bond donors (Lipinski definition) is 0. The summed E-state index contributed by atoms with van der Waals surface area (Å²) < 4.78 is 6.61. The largest absolute Gasteiger partial charge is 0.455 e. The lowest BCUT2D eigenvalue weighted by Gasteiger charge is -2.16. The normalized spacial score (nSPS) is 11.6. The van der Waals surface area contributed by atoms with E-state index in [0.29, 0.717) is 17.5 Å². The first-order valence-electron chi connectivity index (χ1n) is 20.6. The maximum atomic E-state index is 6.61. The summed E-state index contributed by atoms with van der Waals surface area (Å²) in [7, 11) is 0. The first kappa shape index (κ1) is 34.8. The number of para-hydroxylation sites is 2. The molecule has 4 heteroatoms. The minimum absolute atomic E-state index is 0.547. The van der Waals surface area contributed by atoms with Gasteiger partial charge >= 0.3 is 0 Å². The van der Waals surface area contributed by atoms with Crippen molar-refractivity contribution in [2.24, 2.45) is 0 Å². The van der Waals surface area contributed by atoms with E-state index in [1.807, 2.05) is 18.2 Å². The van der Waals surface area contributed by atoms with E-state index >= 15 is 0 Å². The summed E-state index contributed by atoms with van der Waals surface area (Å²) >= 11 is 0. The molecule has 0 N–H and O–H groups in total. The number of hydrogen-bond acceptors (Lipinski definition) is 4. The second-order valence-corrected chi connectivity index (χ2v) is 15.5. The number of fused-ring (bicyclic) bond motifs is 6. The Labute approximate surface area is 352 Å². The fourth-order valence-corrected chi connectivity index (χ4v) is 8.92. The van der Waals surface area contributed by atoms with Crippen LogP contribution >= 0.6 is 0 Å². The van der Waals surface area contributed by atoms with Gasteiger partial charge in [-0.15, -0.1) is 0 Å². The molecule has 0 atom stereocenters. The van der Waals surface area contributed by atoms with Crippen LogP contribution in [0.4, 0.5) is 0 Å². The number of rotatable bonds is 6. The zero-order valence-electron chi connectivity index (χ0n) is 33.0. The molecular formula is C57H35N3O. The van der Waals surface area contributed by atoms with Crippen molar-refractivity contribution >= 4 is 54.3 Å². The Hall–Kier alpha value is -8.21. The molecule has 2 aromatic heterocycles. The summed E-state index contributed by atoms with van der Waals surface area (Å²) in [6.45, 7) is 0. The van der Waals surface area contributed by atoms with E-state index in [2.05, 4.69) is 194 Å². The molecule has 0 saturated carbocycles. The molecule has 0 spiro atoms. The molecular weight excluding hydrogens is 743 g/mol. The number of furan rings is 1. The van der Waals surface area contributed by atoms with Crippen LogP contribution in [-0.4, -0.2) is 15.0 Å². The summed E-state index contributed by atoms with van der Waals surface area (Å²) in [6.07, 6.45) is 0. The Morgan fingerprint density at radius 2 is 0.836 bits per heavy atom. The van der Waals surface area contributed by atoms with Crippen LogP contribution < -0.4 is 0 Å². The summed E-state index contributed by atoms with van der Waals surface area (Å²) in [5.74, 6) is 1.73. The molecule has 61 heavy (non-hydrogen) atoms. The molecule has 0 aliphatic rings. The molecule has 12 aromatic rings. The first-order valence-corrected chi connectivity index (χ1v) is 20.6. The van der Waals surface area contributed by atoms with Crippen LogP contribution in [0.5, 0.6) is 0 Å². The molecule has 0 aliphatic carbocycles. The molecule has 0 unspecified atom stereocenters. The minimum atomic E-state index is 0.547. The van der Waals surface area contributed by atoms with Crippen molar-refractivity contribution < 1.29 is 4.42 Å². The average Bonchev–Trinajstić information content (AvgIpc) is 3.72. The van der Waals surface area contributed by atoms with Gasteiger partial charge in [0, 0.05) is 21.9 Å². The topological polar surface area (TPSA) is 51.8 Å². The third kappa shape index (κ3) is 6.04. The molecule has 0 amide bonds. The van der Waals surface area contributed by atoms with Crippen molar-refractivity contribution in [3.63, 3.8) is 0 Å². The quantitative estimate of drug-likeness (QED) is 0.169. The molecule has 0 radical (unpaired) electrons. The van der Waals surface area contributed by atoms with E-state index in [1.54, 1.807) is 0 Å². The van der Waals surface area contributed by atoms with Crippen molar-refractivity contribution in [3.8, 4) is 67.5 Å². The maximum absolute atomic E-state index is 6.61. The highest BCUT2D eigenvalue weighted by Gasteiger charge is 2.22. The monoisotopic (exact) mass is 777 g/mol. The lowest BCUT2D eigenvalue weighted by atomic mass is 9.92. The molecule has 0 bridgehead atoms. The lowest BCUT2D eigenvalue weighted by Crippen LogP contribution is -2.02. The van der Waals surface area contributed by atoms with E-state index in [1.165, 1.54) is 21.9 Å². The van der Waals surface area contributed by atoms with Gasteiger partial charge in [-0.25, -0.2) is 15.0 Å². The van der Waals surface area contributed by atoms with E-state index in [4.69, 9.17) is 19.4 Å². The maximum Gasteiger partial charge on any atom is 0.167 e. The number of benzene rings is 10.